The highest BCUT2D eigenvalue weighted by molar-refractivity contribution is 14.1. The van der Waals surface area contributed by atoms with Crippen LogP contribution >= 0.6 is 22.6 Å². The van der Waals surface area contributed by atoms with Crippen molar-refractivity contribution in [2.75, 3.05) is 0 Å². The predicted octanol–water partition coefficient (Wildman–Crippen LogP) is 2.28. The summed E-state index contributed by atoms with van der Waals surface area (Å²) in [7, 11) is 0. The predicted molar refractivity (Wildman–Crippen MR) is 55.1 cm³/mol. The summed E-state index contributed by atoms with van der Waals surface area (Å²) in [5, 5.41) is 4.23. The third-order valence-electron chi connectivity index (χ3n) is 1.50. The lowest BCUT2D eigenvalue weighted by atomic mass is 10.3. The second kappa shape index (κ2) is 3.26. The van der Waals surface area contributed by atoms with Gasteiger partial charge in [-0.15, -0.1) is 0 Å². The molecule has 0 aliphatic heterocycles. The quantitative estimate of drug-likeness (QED) is 0.726. The van der Waals surface area contributed by atoms with Crippen molar-refractivity contribution in [1.82, 2.24) is 9.78 Å². The molecule has 59 valence electrons. The molecule has 1 radical (unpaired) electrons. The smallest absolute Gasteiger partial charge is 0.124 e. The fourth-order valence-electron chi connectivity index (χ4n) is 0.969. The number of hydrogen-bond acceptors (Lipinski definition) is 1. The van der Waals surface area contributed by atoms with E-state index in [1.807, 2.05) is 36.4 Å². The van der Waals surface area contributed by atoms with Crippen LogP contribution in [-0.2, 0) is 0 Å². The molecule has 0 spiro atoms. The van der Waals surface area contributed by atoms with Gasteiger partial charge in [-0.3, -0.25) is 0 Å². The molecule has 2 nitrogen and oxygen atoms in total. The topological polar surface area (TPSA) is 17.8 Å². The molecule has 3 heteroatoms. The van der Waals surface area contributed by atoms with E-state index in [2.05, 4.69) is 33.9 Å². The molecule has 0 saturated carbocycles. The van der Waals surface area contributed by atoms with E-state index in [4.69, 9.17) is 0 Å². The number of para-hydroxylation sites is 1. The van der Waals surface area contributed by atoms with Crippen molar-refractivity contribution >= 4 is 22.6 Å². The van der Waals surface area contributed by atoms with E-state index in [-0.39, 0.29) is 0 Å². The Morgan fingerprint density at radius 2 is 2.00 bits per heavy atom. The molecule has 0 unspecified atom stereocenters. The van der Waals surface area contributed by atoms with Crippen molar-refractivity contribution in [3.05, 3.63) is 46.3 Å². The van der Waals surface area contributed by atoms with Crippen LogP contribution in [0.1, 0.15) is 0 Å². The molecule has 0 bridgehead atoms. The number of rotatable bonds is 1. The van der Waals surface area contributed by atoms with Crippen LogP contribution in [0.15, 0.2) is 36.4 Å². The molecule has 2 rings (SSSR count). The first kappa shape index (κ1) is 7.79. The van der Waals surface area contributed by atoms with Crippen LogP contribution in [0.3, 0.4) is 0 Å². The summed E-state index contributed by atoms with van der Waals surface area (Å²) in [6.45, 7) is 0. The molecule has 0 amide bonds. The first-order chi connectivity index (χ1) is 5.86. The largest absolute Gasteiger partial charge is 0.230 e. The molecule has 1 aromatic carbocycles. The van der Waals surface area contributed by atoms with Gasteiger partial charge in [0.15, 0.2) is 0 Å². The van der Waals surface area contributed by atoms with Crippen molar-refractivity contribution in [3.8, 4) is 5.69 Å². The van der Waals surface area contributed by atoms with E-state index in [0.29, 0.717) is 0 Å². The molecular weight excluding hydrogens is 263 g/mol. The lowest BCUT2D eigenvalue weighted by molar-refractivity contribution is 0.863. The minimum Gasteiger partial charge on any atom is -0.230 e. The lowest BCUT2D eigenvalue weighted by Gasteiger charge is -1.97. The highest BCUT2D eigenvalue weighted by Gasteiger charge is 1.96. The molecule has 1 aromatic heterocycles. The maximum Gasteiger partial charge on any atom is 0.124 e. The Morgan fingerprint density at radius 3 is 2.58 bits per heavy atom. The molecule has 0 N–H and O–H groups in total. The summed E-state index contributed by atoms with van der Waals surface area (Å²) in [6.07, 6.45) is 3.02. The van der Waals surface area contributed by atoms with Crippen LogP contribution < -0.4 is 0 Å². The van der Waals surface area contributed by atoms with Crippen molar-refractivity contribution in [1.29, 1.82) is 0 Å². The summed E-state index contributed by atoms with van der Waals surface area (Å²) in [5.41, 5.74) is 1.04. The van der Waals surface area contributed by atoms with E-state index in [9.17, 15) is 0 Å². The average molecular weight is 269 g/mol. The molecule has 0 aliphatic rings. The summed E-state index contributed by atoms with van der Waals surface area (Å²) < 4.78 is 2.69. The second-order valence-corrected chi connectivity index (χ2v) is 3.45. The number of benzene rings is 1. The zero-order chi connectivity index (χ0) is 8.39. The van der Waals surface area contributed by atoms with Crippen molar-refractivity contribution in [2.45, 2.75) is 0 Å². The van der Waals surface area contributed by atoms with Gasteiger partial charge >= 0.3 is 0 Å². The minimum atomic E-state index is 0.955. The summed E-state index contributed by atoms with van der Waals surface area (Å²) in [5.74, 6) is 0. The van der Waals surface area contributed by atoms with E-state index in [1.54, 1.807) is 4.68 Å². The lowest BCUT2D eigenvalue weighted by Crippen LogP contribution is -1.93. The Morgan fingerprint density at radius 1 is 1.25 bits per heavy atom. The van der Waals surface area contributed by atoms with E-state index < -0.39 is 0 Å². The maximum atomic E-state index is 4.23. The van der Waals surface area contributed by atoms with Gasteiger partial charge in [0.2, 0.25) is 0 Å². The fraction of sp³-hybridized carbons (Fsp3) is 0. The van der Waals surface area contributed by atoms with Crippen LogP contribution in [0.2, 0.25) is 0 Å². The molecule has 1 heterocycles. The average Bonchev–Trinajstić information content (AvgIpc) is 2.54. The van der Waals surface area contributed by atoms with Crippen molar-refractivity contribution < 1.29 is 0 Å². The Kier molecular flexibility index (Phi) is 2.12. The molecule has 2 aromatic rings. The SMILES string of the molecule is Ic1c[c]n(-c2ccccc2)n1. The number of halogens is 1. The Balaban J connectivity index is 2.45. The monoisotopic (exact) mass is 269 g/mol. The van der Waals surface area contributed by atoms with E-state index >= 15 is 0 Å². The van der Waals surface area contributed by atoms with Gasteiger partial charge in [-0.2, -0.15) is 5.10 Å². The minimum absolute atomic E-state index is 0.955. The van der Waals surface area contributed by atoms with Crippen molar-refractivity contribution in [2.24, 2.45) is 0 Å². The maximum absolute atomic E-state index is 4.23. The fourth-order valence-corrected chi connectivity index (χ4v) is 1.32. The van der Waals surface area contributed by atoms with Crippen LogP contribution in [0.5, 0.6) is 0 Å². The molecular formula is C9H6IN2. The van der Waals surface area contributed by atoms with Crippen LogP contribution in [0.25, 0.3) is 5.69 Å². The third kappa shape index (κ3) is 1.50. The zero-order valence-corrected chi connectivity index (χ0v) is 8.39. The van der Waals surface area contributed by atoms with Gasteiger partial charge in [-0.25, -0.2) is 4.68 Å². The molecule has 0 aliphatic carbocycles. The molecule has 12 heavy (non-hydrogen) atoms. The van der Waals surface area contributed by atoms with Crippen LogP contribution in [0, 0.1) is 9.90 Å². The zero-order valence-electron chi connectivity index (χ0n) is 6.24. The van der Waals surface area contributed by atoms with E-state index in [1.165, 1.54) is 0 Å². The number of aromatic nitrogens is 2. The van der Waals surface area contributed by atoms with Gasteiger partial charge < -0.3 is 0 Å². The molecule has 0 fully saturated rings. The highest BCUT2D eigenvalue weighted by atomic mass is 127. The summed E-state index contributed by atoms with van der Waals surface area (Å²) in [4.78, 5) is 0. The first-order valence-electron chi connectivity index (χ1n) is 3.55. The van der Waals surface area contributed by atoms with Gasteiger partial charge in [0, 0.05) is 0 Å². The van der Waals surface area contributed by atoms with Gasteiger partial charge in [0.1, 0.15) is 3.70 Å². The summed E-state index contributed by atoms with van der Waals surface area (Å²) >= 11 is 2.16. The van der Waals surface area contributed by atoms with Gasteiger partial charge in [-0.1, -0.05) is 18.2 Å². The third-order valence-corrected chi connectivity index (χ3v) is 2.03. The Hall–Kier alpha value is -0.840. The molecule has 0 saturated heterocycles. The first-order valence-corrected chi connectivity index (χ1v) is 4.63. The Labute approximate surface area is 84.4 Å². The van der Waals surface area contributed by atoms with Gasteiger partial charge in [0.05, 0.1) is 11.9 Å². The second-order valence-electron chi connectivity index (χ2n) is 2.34. The number of hydrogen-bond donors (Lipinski definition) is 0. The molecule has 0 atom stereocenters. The highest BCUT2D eigenvalue weighted by Crippen LogP contribution is 2.06. The summed E-state index contributed by atoms with van der Waals surface area (Å²) in [6, 6.07) is 11.8. The van der Waals surface area contributed by atoms with E-state index in [0.717, 1.165) is 9.39 Å². The van der Waals surface area contributed by atoms with Crippen LogP contribution in [0.4, 0.5) is 0 Å². The number of nitrogens with zero attached hydrogens (tertiary/aromatic N) is 2. The van der Waals surface area contributed by atoms with Gasteiger partial charge in [-0.05, 0) is 40.8 Å². The Bertz CT molecular complexity index is 367. The normalized spacial score (nSPS) is 10.1. The van der Waals surface area contributed by atoms with Crippen molar-refractivity contribution in [3.63, 3.8) is 0 Å². The van der Waals surface area contributed by atoms with Crippen LogP contribution in [-0.4, -0.2) is 9.78 Å². The van der Waals surface area contributed by atoms with Gasteiger partial charge in [0.25, 0.3) is 0 Å². The standard InChI is InChI=1S/C9H6IN2/c10-9-6-7-12(11-9)8-4-2-1-3-5-8/h1-6H.